The third kappa shape index (κ3) is 3.05. The molecule has 1 nitrogen and oxygen atoms in total. The van der Waals surface area contributed by atoms with Crippen molar-refractivity contribution in [1.82, 2.24) is 0 Å². The lowest BCUT2D eigenvalue weighted by molar-refractivity contribution is -0.199. The van der Waals surface area contributed by atoms with E-state index in [1.807, 2.05) is 0 Å². The maximum Gasteiger partial charge on any atom is 0.398 e. The summed E-state index contributed by atoms with van der Waals surface area (Å²) in [5.74, 6) is -2.05. The van der Waals surface area contributed by atoms with Crippen LogP contribution in [-0.2, 0) is 4.74 Å². The second-order valence-electron chi connectivity index (χ2n) is 3.11. The number of hydrogen-bond donors (Lipinski definition) is 0. The van der Waals surface area contributed by atoms with E-state index in [2.05, 4.69) is 0 Å². The Balaban J connectivity index is 2.82. The Kier molecular flexibility index (Phi) is 3.84. The van der Waals surface area contributed by atoms with Crippen molar-refractivity contribution >= 4 is 34.8 Å². The Morgan fingerprint density at radius 1 is 1.21 bits per heavy atom. The number of halogens is 6. The van der Waals surface area contributed by atoms with Crippen LogP contribution in [0.15, 0.2) is 0 Å². The Bertz CT molecular complexity index is 181. The first kappa shape index (κ1) is 12.7. The maximum absolute atomic E-state index is 12.5. The molecule has 0 radical (unpaired) electrons. The number of hydrogen-bond acceptors (Lipinski definition) is 1. The lowest BCUT2D eigenvalue weighted by Crippen LogP contribution is -2.42. The van der Waals surface area contributed by atoms with Gasteiger partial charge in [0.1, 0.15) is 5.92 Å². The lowest BCUT2D eigenvalue weighted by Gasteiger charge is -2.30. The van der Waals surface area contributed by atoms with E-state index in [1.165, 1.54) is 0 Å². The van der Waals surface area contributed by atoms with Crippen LogP contribution >= 0.6 is 34.8 Å². The van der Waals surface area contributed by atoms with Crippen molar-refractivity contribution in [2.45, 2.75) is 28.9 Å². The van der Waals surface area contributed by atoms with Gasteiger partial charge in [-0.25, -0.2) is 0 Å². The molecule has 1 fully saturated rings. The minimum absolute atomic E-state index is 0.276. The summed E-state index contributed by atoms with van der Waals surface area (Å²) < 4.78 is 40.1. The molecule has 14 heavy (non-hydrogen) atoms. The second-order valence-corrected chi connectivity index (χ2v) is 5.48. The van der Waals surface area contributed by atoms with Crippen LogP contribution in [0.4, 0.5) is 13.2 Å². The highest BCUT2D eigenvalue weighted by molar-refractivity contribution is 6.67. The minimum Gasteiger partial charge on any atom is -0.377 e. The molecule has 0 bridgehead atoms. The van der Waals surface area contributed by atoms with Crippen LogP contribution in [0, 0.1) is 5.92 Å². The topological polar surface area (TPSA) is 9.23 Å². The SMILES string of the molecule is FC(F)(F)C(C1CCCO1)C(Cl)(Cl)Cl. The molecule has 1 rings (SSSR count). The Labute approximate surface area is 94.4 Å². The van der Waals surface area contributed by atoms with Gasteiger partial charge in [-0.1, -0.05) is 34.8 Å². The normalized spacial score (nSPS) is 26.6. The molecular weight excluding hydrogens is 263 g/mol. The quantitative estimate of drug-likeness (QED) is 0.661. The third-order valence-corrected chi connectivity index (χ3v) is 2.75. The monoisotopic (exact) mass is 270 g/mol. The summed E-state index contributed by atoms with van der Waals surface area (Å²) in [6, 6.07) is 0. The Morgan fingerprint density at radius 3 is 2.07 bits per heavy atom. The zero-order valence-electron chi connectivity index (χ0n) is 6.95. The fraction of sp³-hybridized carbons (Fsp3) is 1.00. The molecule has 0 spiro atoms. The molecular formula is C7H8Cl3F3O. The van der Waals surface area contributed by atoms with Gasteiger partial charge in [-0.3, -0.25) is 0 Å². The standard InChI is InChI=1S/C7H8Cl3F3O/c8-6(9,10)5(7(11,12)13)4-2-1-3-14-4/h4-5H,1-3H2. The molecule has 0 saturated carbocycles. The molecule has 1 aliphatic rings. The smallest absolute Gasteiger partial charge is 0.377 e. The molecule has 84 valence electrons. The van der Waals surface area contributed by atoms with Crippen molar-refractivity contribution in [1.29, 1.82) is 0 Å². The Hall–Kier alpha value is 0.620. The van der Waals surface area contributed by atoms with Crippen LogP contribution in [0.2, 0.25) is 0 Å². The molecule has 0 aromatic rings. The van der Waals surface area contributed by atoms with E-state index in [0.717, 1.165) is 0 Å². The van der Waals surface area contributed by atoms with Crippen LogP contribution in [0.3, 0.4) is 0 Å². The van der Waals surface area contributed by atoms with Crippen molar-refractivity contribution in [2.75, 3.05) is 6.61 Å². The average molecular weight is 271 g/mol. The summed E-state index contributed by atoms with van der Waals surface area (Å²) in [6.07, 6.45) is -4.75. The second kappa shape index (κ2) is 4.24. The number of rotatable bonds is 1. The first-order valence-electron chi connectivity index (χ1n) is 3.98. The molecule has 1 aliphatic heterocycles. The number of ether oxygens (including phenoxy) is 1. The average Bonchev–Trinajstić information content (AvgIpc) is 2.31. The molecule has 0 aliphatic carbocycles. The van der Waals surface area contributed by atoms with E-state index in [4.69, 9.17) is 39.5 Å². The van der Waals surface area contributed by atoms with Gasteiger partial charge in [-0.05, 0) is 12.8 Å². The van der Waals surface area contributed by atoms with E-state index in [0.29, 0.717) is 6.42 Å². The number of alkyl halides is 6. The van der Waals surface area contributed by atoms with Crippen molar-refractivity contribution in [3.63, 3.8) is 0 Å². The van der Waals surface area contributed by atoms with Crippen LogP contribution in [-0.4, -0.2) is 22.7 Å². The van der Waals surface area contributed by atoms with Crippen LogP contribution < -0.4 is 0 Å². The zero-order valence-corrected chi connectivity index (χ0v) is 9.22. The van der Waals surface area contributed by atoms with Crippen molar-refractivity contribution in [2.24, 2.45) is 5.92 Å². The van der Waals surface area contributed by atoms with Gasteiger partial charge in [0.05, 0.1) is 6.10 Å². The summed E-state index contributed by atoms with van der Waals surface area (Å²) in [5.41, 5.74) is 0. The van der Waals surface area contributed by atoms with Gasteiger partial charge >= 0.3 is 6.18 Å². The summed E-state index contributed by atoms with van der Waals surface area (Å²) in [4.78, 5) is 0. The lowest BCUT2D eigenvalue weighted by atomic mass is 10.0. The van der Waals surface area contributed by atoms with E-state index >= 15 is 0 Å². The van der Waals surface area contributed by atoms with Crippen LogP contribution in [0.5, 0.6) is 0 Å². The third-order valence-electron chi connectivity index (χ3n) is 2.04. The molecule has 0 aromatic carbocycles. The highest BCUT2D eigenvalue weighted by Crippen LogP contribution is 2.48. The minimum atomic E-state index is -4.56. The molecule has 0 amide bonds. The first-order chi connectivity index (χ1) is 6.23. The molecule has 0 N–H and O–H groups in total. The highest BCUT2D eigenvalue weighted by Gasteiger charge is 2.56. The first-order valence-corrected chi connectivity index (χ1v) is 5.11. The van der Waals surface area contributed by atoms with Crippen LogP contribution in [0.25, 0.3) is 0 Å². The van der Waals surface area contributed by atoms with Gasteiger partial charge in [-0.2, -0.15) is 13.2 Å². The summed E-state index contributed by atoms with van der Waals surface area (Å²) in [6.45, 7) is 0.290. The predicted octanol–water partition coefficient (Wildman–Crippen LogP) is 3.71. The van der Waals surface area contributed by atoms with E-state index in [1.54, 1.807) is 0 Å². The molecule has 2 atom stereocenters. The van der Waals surface area contributed by atoms with E-state index in [9.17, 15) is 13.2 Å². The molecule has 2 unspecified atom stereocenters. The van der Waals surface area contributed by atoms with Crippen LogP contribution in [0.1, 0.15) is 12.8 Å². The van der Waals surface area contributed by atoms with Gasteiger partial charge in [0, 0.05) is 6.61 Å². The molecule has 0 aromatic heterocycles. The molecule has 1 heterocycles. The summed E-state index contributed by atoms with van der Waals surface area (Å²) in [7, 11) is 0. The molecule has 7 heteroatoms. The fourth-order valence-electron chi connectivity index (χ4n) is 1.47. The Morgan fingerprint density at radius 2 is 1.79 bits per heavy atom. The summed E-state index contributed by atoms with van der Waals surface area (Å²) in [5, 5.41) is 0. The fourth-order valence-corrected chi connectivity index (χ4v) is 2.27. The summed E-state index contributed by atoms with van der Waals surface area (Å²) >= 11 is 15.9. The highest BCUT2D eigenvalue weighted by atomic mass is 35.6. The largest absolute Gasteiger partial charge is 0.398 e. The van der Waals surface area contributed by atoms with Gasteiger partial charge in [0.2, 0.25) is 3.79 Å². The zero-order chi connectivity index (χ0) is 11.0. The van der Waals surface area contributed by atoms with E-state index in [-0.39, 0.29) is 13.0 Å². The van der Waals surface area contributed by atoms with Gasteiger partial charge in [0.15, 0.2) is 0 Å². The van der Waals surface area contributed by atoms with E-state index < -0.39 is 22.0 Å². The predicted molar refractivity (Wildman–Crippen MR) is 48.8 cm³/mol. The van der Waals surface area contributed by atoms with Crippen molar-refractivity contribution in [3.8, 4) is 0 Å². The van der Waals surface area contributed by atoms with Gasteiger partial charge < -0.3 is 4.74 Å². The van der Waals surface area contributed by atoms with Gasteiger partial charge in [0.25, 0.3) is 0 Å². The van der Waals surface area contributed by atoms with Crippen molar-refractivity contribution in [3.05, 3.63) is 0 Å². The molecule has 1 saturated heterocycles. The maximum atomic E-state index is 12.5. The van der Waals surface area contributed by atoms with Crippen molar-refractivity contribution < 1.29 is 17.9 Å². The van der Waals surface area contributed by atoms with Gasteiger partial charge in [-0.15, -0.1) is 0 Å².